The first kappa shape index (κ1) is 15.5. The maximum Gasteiger partial charge on any atom is 0.181 e. The van der Waals surface area contributed by atoms with Crippen LogP contribution in [0.25, 0.3) is 11.3 Å². The first-order valence-corrected chi connectivity index (χ1v) is 8.14. The van der Waals surface area contributed by atoms with Crippen LogP contribution in [-0.2, 0) is 0 Å². The summed E-state index contributed by atoms with van der Waals surface area (Å²) < 4.78 is 1.94. The molecule has 4 nitrogen and oxygen atoms in total. The molecule has 1 saturated carbocycles. The molecule has 23 heavy (non-hydrogen) atoms. The van der Waals surface area contributed by atoms with Crippen LogP contribution in [-0.4, -0.2) is 15.6 Å². The van der Waals surface area contributed by atoms with E-state index in [2.05, 4.69) is 19.9 Å². The maximum absolute atomic E-state index is 12.7. The molecule has 0 bridgehead atoms. The van der Waals surface area contributed by atoms with Gasteiger partial charge < -0.3 is 0 Å². The second kappa shape index (κ2) is 6.00. The van der Waals surface area contributed by atoms with E-state index in [0.717, 1.165) is 35.4 Å². The molecule has 0 atom stereocenters. The van der Waals surface area contributed by atoms with E-state index in [-0.39, 0.29) is 5.78 Å². The number of hydrogen-bond donors (Lipinski definition) is 0. The van der Waals surface area contributed by atoms with Gasteiger partial charge in [-0.05, 0) is 37.8 Å². The number of benzene rings is 1. The predicted octanol–water partition coefficient (Wildman–Crippen LogP) is 4.29. The molecule has 0 radical (unpaired) electrons. The summed E-state index contributed by atoms with van der Waals surface area (Å²) in [5.41, 5.74) is 4.16. The molecule has 1 aromatic heterocycles. The lowest BCUT2D eigenvalue weighted by atomic mass is 10.00. The van der Waals surface area contributed by atoms with Gasteiger partial charge in [-0.1, -0.05) is 26.0 Å². The zero-order valence-corrected chi connectivity index (χ0v) is 13.8. The van der Waals surface area contributed by atoms with Crippen molar-refractivity contribution in [1.82, 2.24) is 9.78 Å². The Hall–Kier alpha value is -2.41. The molecule has 0 amide bonds. The molecular formula is C19H21N3O. The molecule has 0 N–H and O–H groups in total. The molecule has 118 valence electrons. The first-order chi connectivity index (χ1) is 11.0. The minimum absolute atomic E-state index is 0.178. The van der Waals surface area contributed by atoms with E-state index in [4.69, 9.17) is 10.4 Å². The van der Waals surface area contributed by atoms with E-state index in [9.17, 15) is 4.79 Å². The zero-order chi connectivity index (χ0) is 16.6. The number of Topliss-reactive ketones (excluding diaryl/α,β-unsaturated/α-hetero) is 1. The highest BCUT2D eigenvalue weighted by Crippen LogP contribution is 2.38. The molecule has 1 aliphatic rings. The van der Waals surface area contributed by atoms with Crippen LogP contribution >= 0.6 is 0 Å². The van der Waals surface area contributed by atoms with Crippen molar-refractivity contribution in [3.63, 3.8) is 0 Å². The van der Waals surface area contributed by atoms with Gasteiger partial charge in [0, 0.05) is 17.5 Å². The number of carbonyl (C=O) groups excluding carboxylic acids is 1. The number of rotatable bonds is 5. The van der Waals surface area contributed by atoms with E-state index in [0.29, 0.717) is 23.9 Å². The van der Waals surface area contributed by atoms with Crippen molar-refractivity contribution >= 4 is 5.78 Å². The molecule has 0 unspecified atom stereocenters. The number of carbonyl (C=O) groups is 1. The van der Waals surface area contributed by atoms with Gasteiger partial charge in [-0.25, -0.2) is 0 Å². The van der Waals surface area contributed by atoms with Crippen molar-refractivity contribution < 1.29 is 4.79 Å². The fourth-order valence-corrected chi connectivity index (χ4v) is 2.88. The maximum atomic E-state index is 12.7. The van der Waals surface area contributed by atoms with Crippen molar-refractivity contribution in [2.24, 2.45) is 5.92 Å². The third kappa shape index (κ3) is 3.05. The molecule has 2 aromatic rings. The topological polar surface area (TPSA) is 58.7 Å². The first-order valence-electron chi connectivity index (χ1n) is 8.14. The second-order valence-corrected chi connectivity index (χ2v) is 6.71. The molecule has 1 heterocycles. The molecule has 0 saturated heterocycles. The fourth-order valence-electron chi connectivity index (χ4n) is 2.88. The summed E-state index contributed by atoms with van der Waals surface area (Å²) in [6.07, 6.45) is 2.73. The van der Waals surface area contributed by atoms with Crippen molar-refractivity contribution in [3.05, 3.63) is 41.1 Å². The number of aromatic nitrogens is 2. The Morgan fingerprint density at radius 1 is 1.35 bits per heavy atom. The quantitative estimate of drug-likeness (QED) is 0.774. The van der Waals surface area contributed by atoms with Crippen LogP contribution in [0.1, 0.15) is 60.8 Å². The van der Waals surface area contributed by atoms with Gasteiger partial charge in [0.05, 0.1) is 23.4 Å². The summed E-state index contributed by atoms with van der Waals surface area (Å²) in [6.45, 7) is 6.10. The molecular weight excluding hydrogens is 286 g/mol. The Bertz CT molecular complexity index is 774. The largest absolute Gasteiger partial charge is 0.292 e. The second-order valence-electron chi connectivity index (χ2n) is 6.71. The molecule has 0 spiro atoms. The van der Waals surface area contributed by atoms with Gasteiger partial charge in [-0.2, -0.15) is 10.4 Å². The Labute approximate surface area is 136 Å². The summed E-state index contributed by atoms with van der Waals surface area (Å²) in [5.74, 6) is 0.514. The number of nitrogens with zero attached hydrogens (tertiary/aromatic N) is 3. The molecule has 1 aromatic carbocycles. The van der Waals surface area contributed by atoms with Crippen LogP contribution in [0, 0.1) is 24.2 Å². The highest BCUT2D eigenvalue weighted by molar-refractivity contribution is 5.97. The Balaban J connectivity index is 2.04. The van der Waals surface area contributed by atoms with Gasteiger partial charge in [0.2, 0.25) is 0 Å². The summed E-state index contributed by atoms with van der Waals surface area (Å²) in [6, 6.07) is 9.89. The number of ketones is 1. The molecule has 3 rings (SSSR count). The lowest BCUT2D eigenvalue weighted by Gasteiger charge is -2.08. The molecule has 4 heteroatoms. The Morgan fingerprint density at radius 2 is 2.00 bits per heavy atom. The van der Waals surface area contributed by atoms with Crippen LogP contribution < -0.4 is 0 Å². The van der Waals surface area contributed by atoms with E-state index >= 15 is 0 Å². The molecule has 0 aliphatic heterocycles. The standard InChI is InChI=1S/C19H21N3O/c1-12(2)10-17(23)19-13(3)18(21-22(19)16-8-9-16)15-6-4-14(11-20)5-7-15/h4-7,12,16H,8-10H2,1-3H3. The SMILES string of the molecule is Cc1c(-c2ccc(C#N)cc2)nn(C2CC2)c1C(=O)CC(C)C. The van der Waals surface area contributed by atoms with Crippen molar-refractivity contribution in [3.8, 4) is 17.3 Å². The molecule has 1 aliphatic carbocycles. The summed E-state index contributed by atoms with van der Waals surface area (Å²) >= 11 is 0. The van der Waals surface area contributed by atoms with Crippen LogP contribution in [0.4, 0.5) is 0 Å². The minimum Gasteiger partial charge on any atom is -0.292 e. The Morgan fingerprint density at radius 3 is 2.52 bits per heavy atom. The van der Waals surface area contributed by atoms with E-state index < -0.39 is 0 Å². The van der Waals surface area contributed by atoms with Crippen molar-refractivity contribution in [2.75, 3.05) is 0 Å². The predicted molar refractivity (Wildman–Crippen MR) is 89.2 cm³/mol. The highest BCUT2D eigenvalue weighted by Gasteiger charge is 2.31. The average Bonchev–Trinajstić information content (AvgIpc) is 3.30. The summed E-state index contributed by atoms with van der Waals surface area (Å²) in [5, 5.41) is 13.7. The van der Waals surface area contributed by atoms with Gasteiger partial charge >= 0.3 is 0 Å². The smallest absolute Gasteiger partial charge is 0.181 e. The van der Waals surface area contributed by atoms with Crippen molar-refractivity contribution in [2.45, 2.75) is 46.1 Å². The van der Waals surface area contributed by atoms with Gasteiger partial charge in [0.25, 0.3) is 0 Å². The lowest BCUT2D eigenvalue weighted by molar-refractivity contribution is 0.0956. The Kier molecular flexibility index (Phi) is 4.04. The van der Waals surface area contributed by atoms with Gasteiger partial charge in [-0.15, -0.1) is 0 Å². The monoisotopic (exact) mass is 307 g/mol. The van der Waals surface area contributed by atoms with Crippen LogP contribution in [0.15, 0.2) is 24.3 Å². The fraction of sp³-hybridized carbons (Fsp3) is 0.421. The third-order valence-electron chi connectivity index (χ3n) is 4.19. The third-order valence-corrected chi connectivity index (χ3v) is 4.19. The van der Waals surface area contributed by atoms with Gasteiger partial charge in [0.15, 0.2) is 5.78 Å². The van der Waals surface area contributed by atoms with E-state index in [1.807, 2.05) is 23.7 Å². The van der Waals surface area contributed by atoms with Crippen LogP contribution in [0.3, 0.4) is 0 Å². The average molecular weight is 307 g/mol. The number of nitriles is 1. The van der Waals surface area contributed by atoms with Crippen molar-refractivity contribution in [1.29, 1.82) is 5.26 Å². The van der Waals surface area contributed by atoms with Gasteiger partial charge in [0.1, 0.15) is 5.69 Å². The normalized spacial score (nSPS) is 14.0. The van der Waals surface area contributed by atoms with Gasteiger partial charge in [-0.3, -0.25) is 9.48 Å². The lowest BCUT2D eigenvalue weighted by Crippen LogP contribution is -2.12. The van der Waals surface area contributed by atoms with E-state index in [1.165, 1.54) is 0 Å². The minimum atomic E-state index is 0.178. The summed E-state index contributed by atoms with van der Waals surface area (Å²) in [4.78, 5) is 12.7. The van der Waals surface area contributed by atoms with Crippen LogP contribution in [0.5, 0.6) is 0 Å². The highest BCUT2D eigenvalue weighted by atomic mass is 16.1. The molecule has 1 fully saturated rings. The number of hydrogen-bond acceptors (Lipinski definition) is 3. The zero-order valence-electron chi connectivity index (χ0n) is 13.8. The van der Waals surface area contributed by atoms with E-state index in [1.54, 1.807) is 12.1 Å². The van der Waals surface area contributed by atoms with Crippen LogP contribution in [0.2, 0.25) is 0 Å². The summed E-state index contributed by atoms with van der Waals surface area (Å²) in [7, 11) is 0.